The van der Waals surface area contributed by atoms with Crippen molar-refractivity contribution in [3.8, 4) is 11.1 Å². The first kappa shape index (κ1) is 17.5. The van der Waals surface area contributed by atoms with Gasteiger partial charge < -0.3 is 4.90 Å². The summed E-state index contributed by atoms with van der Waals surface area (Å²) in [4.78, 5) is 19.4. The van der Waals surface area contributed by atoms with E-state index in [-0.39, 0.29) is 5.92 Å². The maximum absolute atomic E-state index is 13.0. The standard InChI is InChI=1S/C22H25ClN2O/c23-21-10-4-9-19(17-6-5-12-24-15-17)20(21)14-16-11-13-25(22(16)26)18-7-2-1-3-8-18/h4-6,9-10,12,15-16,18H,1-3,7-8,11,13-14H2. The predicted octanol–water partition coefficient (Wildman–Crippen LogP) is 5.13. The van der Waals surface area contributed by atoms with Crippen LogP contribution in [0, 0.1) is 5.92 Å². The SMILES string of the molecule is O=C1C(Cc2c(Cl)cccc2-c2cccnc2)CCN1C1CCCCC1. The fraction of sp³-hybridized carbons (Fsp3) is 0.455. The van der Waals surface area contributed by atoms with Gasteiger partial charge in [0.2, 0.25) is 5.91 Å². The number of amides is 1. The fourth-order valence-corrected chi connectivity index (χ4v) is 4.76. The normalized spacial score (nSPS) is 21.3. The third-order valence-electron chi connectivity index (χ3n) is 5.91. The van der Waals surface area contributed by atoms with Crippen LogP contribution in [0.1, 0.15) is 44.1 Å². The van der Waals surface area contributed by atoms with E-state index in [9.17, 15) is 4.79 Å². The summed E-state index contributed by atoms with van der Waals surface area (Å²) in [6.07, 6.45) is 11.5. The van der Waals surface area contributed by atoms with Gasteiger partial charge in [-0.15, -0.1) is 0 Å². The Kier molecular flexibility index (Phi) is 5.26. The molecule has 0 radical (unpaired) electrons. The van der Waals surface area contributed by atoms with Crippen molar-refractivity contribution in [3.05, 3.63) is 53.3 Å². The highest BCUT2D eigenvalue weighted by Crippen LogP contribution is 2.35. The largest absolute Gasteiger partial charge is 0.339 e. The van der Waals surface area contributed by atoms with Crippen LogP contribution < -0.4 is 0 Å². The monoisotopic (exact) mass is 368 g/mol. The zero-order valence-electron chi connectivity index (χ0n) is 15.0. The van der Waals surface area contributed by atoms with E-state index in [1.165, 1.54) is 32.1 Å². The molecule has 1 amide bonds. The molecule has 1 atom stereocenters. The molecule has 1 aromatic carbocycles. The van der Waals surface area contributed by atoms with Crippen LogP contribution >= 0.6 is 11.6 Å². The molecule has 0 spiro atoms. The Bertz CT molecular complexity index is 771. The van der Waals surface area contributed by atoms with Crippen LogP contribution in [0.25, 0.3) is 11.1 Å². The number of nitrogens with zero attached hydrogens (tertiary/aromatic N) is 2. The first-order chi connectivity index (χ1) is 12.7. The minimum absolute atomic E-state index is 0.0484. The number of carbonyl (C=O) groups is 1. The van der Waals surface area contributed by atoms with Crippen molar-refractivity contribution in [1.82, 2.24) is 9.88 Å². The number of pyridine rings is 1. The quantitative estimate of drug-likeness (QED) is 0.749. The number of carbonyl (C=O) groups excluding carboxylic acids is 1. The van der Waals surface area contributed by atoms with Gasteiger partial charge in [0.1, 0.15) is 0 Å². The second kappa shape index (κ2) is 7.79. The molecule has 2 heterocycles. The second-order valence-corrected chi connectivity index (χ2v) is 7.93. The minimum Gasteiger partial charge on any atom is -0.339 e. The number of halogens is 1. The average Bonchev–Trinajstić information content (AvgIpc) is 3.05. The van der Waals surface area contributed by atoms with Gasteiger partial charge in [-0.25, -0.2) is 0 Å². The Morgan fingerprint density at radius 1 is 1.08 bits per heavy atom. The van der Waals surface area contributed by atoms with E-state index in [4.69, 9.17) is 11.6 Å². The van der Waals surface area contributed by atoms with E-state index in [1.807, 2.05) is 30.5 Å². The molecular weight excluding hydrogens is 344 g/mol. The topological polar surface area (TPSA) is 33.2 Å². The molecule has 136 valence electrons. The van der Waals surface area contributed by atoms with Crippen LogP contribution in [0.15, 0.2) is 42.7 Å². The van der Waals surface area contributed by atoms with Crippen LogP contribution in [0.5, 0.6) is 0 Å². The van der Waals surface area contributed by atoms with Gasteiger partial charge in [0.15, 0.2) is 0 Å². The zero-order valence-corrected chi connectivity index (χ0v) is 15.8. The van der Waals surface area contributed by atoms with E-state index >= 15 is 0 Å². The maximum atomic E-state index is 13.0. The van der Waals surface area contributed by atoms with Gasteiger partial charge in [-0.3, -0.25) is 9.78 Å². The van der Waals surface area contributed by atoms with Crippen LogP contribution in [0.3, 0.4) is 0 Å². The number of benzene rings is 1. The van der Waals surface area contributed by atoms with Gasteiger partial charge in [0.25, 0.3) is 0 Å². The lowest BCUT2D eigenvalue weighted by atomic mass is 9.91. The molecule has 3 nitrogen and oxygen atoms in total. The van der Waals surface area contributed by atoms with Crippen molar-refractivity contribution in [1.29, 1.82) is 0 Å². The first-order valence-corrected chi connectivity index (χ1v) is 10.1. The van der Waals surface area contributed by atoms with Gasteiger partial charge >= 0.3 is 0 Å². The van der Waals surface area contributed by atoms with E-state index < -0.39 is 0 Å². The van der Waals surface area contributed by atoms with Gasteiger partial charge in [-0.05, 0) is 48.9 Å². The van der Waals surface area contributed by atoms with Gasteiger partial charge in [0.05, 0.1) is 0 Å². The lowest BCUT2D eigenvalue weighted by Gasteiger charge is -2.31. The molecule has 1 unspecified atom stereocenters. The summed E-state index contributed by atoms with van der Waals surface area (Å²) in [6.45, 7) is 0.904. The lowest BCUT2D eigenvalue weighted by molar-refractivity contribution is -0.133. The van der Waals surface area contributed by atoms with E-state index in [0.29, 0.717) is 18.4 Å². The van der Waals surface area contributed by atoms with Crippen molar-refractivity contribution in [2.24, 2.45) is 5.92 Å². The summed E-state index contributed by atoms with van der Waals surface area (Å²) >= 11 is 6.55. The molecule has 1 aromatic heterocycles. The maximum Gasteiger partial charge on any atom is 0.226 e. The predicted molar refractivity (Wildman–Crippen MR) is 105 cm³/mol. The summed E-state index contributed by atoms with van der Waals surface area (Å²) in [7, 11) is 0. The third kappa shape index (κ3) is 3.50. The number of hydrogen-bond donors (Lipinski definition) is 0. The Morgan fingerprint density at radius 2 is 1.92 bits per heavy atom. The van der Waals surface area contributed by atoms with Crippen LogP contribution in [0.4, 0.5) is 0 Å². The summed E-state index contributed by atoms with van der Waals surface area (Å²) < 4.78 is 0. The molecule has 2 aliphatic rings. The number of rotatable bonds is 4. The molecular formula is C22H25ClN2O. The molecule has 1 aliphatic carbocycles. The van der Waals surface area contributed by atoms with E-state index in [0.717, 1.165) is 34.7 Å². The van der Waals surface area contributed by atoms with Crippen LogP contribution in [-0.4, -0.2) is 28.4 Å². The van der Waals surface area contributed by atoms with Crippen molar-refractivity contribution in [2.45, 2.75) is 51.0 Å². The van der Waals surface area contributed by atoms with Gasteiger partial charge in [-0.1, -0.05) is 49.1 Å². The molecule has 0 bridgehead atoms. The highest BCUT2D eigenvalue weighted by Gasteiger charge is 2.36. The Balaban J connectivity index is 1.55. The second-order valence-electron chi connectivity index (χ2n) is 7.52. The molecule has 2 fully saturated rings. The van der Waals surface area contributed by atoms with Gasteiger partial charge in [0, 0.05) is 41.5 Å². The zero-order chi connectivity index (χ0) is 17.9. The molecule has 1 saturated heterocycles. The lowest BCUT2D eigenvalue weighted by Crippen LogP contribution is -2.39. The Labute approximate surface area is 160 Å². The summed E-state index contributed by atoms with van der Waals surface area (Å²) in [6, 6.07) is 10.4. The highest BCUT2D eigenvalue weighted by molar-refractivity contribution is 6.31. The van der Waals surface area contributed by atoms with Crippen molar-refractivity contribution >= 4 is 17.5 Å². The smallest absolute Gasteiger partial charge is 0.226 e. The molecule has 1 aliphatic heterocycles. The fourth-order valence-electron chi connectivity index (χ4n) is 4.51. The summed E-state index contributed by atoms with van der Waals surface area (Å²) in [5, 5.41) is 0.746. The molecule has 4 heteroatoms. The van der Waals surface area contributed by atoms with Crippen molar-refractivity contribution in [2.75, 3.05) is 6.54 Å². The average molecular weight is 369 g/mol. The molecule has 1 saturated carbocycles. The van der Waals surface area contributed by atoms with Gasteiger partial charge in [-0.2, -0.15) is 0 Å². The van der Waals surface area contributed by atoms with Crippen LogP contribution in [-0.2, 0) is 11.2 Å². The minimum atomic E-state index is 0.0484. The van der Waals surface area contributed by atoms with Crippen LogP contribution in [0.2, 0.25) is 5.02 Å². The van der Waals surface area contributed by atoms with E-state index in [2.05, 4.69) is 16.0 Å². The Hall–Kier alpha value is -1.87. The Morgan fingerprint density at radius 3 is 2.69 bits per heavy atom. The first-order valence-electron chi connectivity index (χ1n) is 9.72. The highest BCUT2D eigenvalue weighted by atomic mass is 35.5. The third-order valence-corrected chi connectivity index (χ3v) is 6.26. The number of aromatic nitrogens is 1. The van der Waals surface area contributed by atoms with E-state index in [1.54, 1.807) is 6.20 Å². The number of hydrogen-bond acceptors (Lipinski definition) is 2. The van der Waals surface area contributed by atoms with Crippen molar-refractivity contribution in [3.63, 3.8) is 0 Å². The molecule has 2 aromatic rings. The summed E-state index contributed by atoms with van der Waals surface area (Å²) in [5.41, 5.74) is 3.22. The summed E-state index contributed by atoms with van der Waals surface area (Å²) in [5.74, 6) is 0.376. The van der Waals surface area contributed by atoms with Crippen molar-refractivity contribution < 1.29 is 4.79 Å². The number of likely N-dealkylation sites (tertiary alicyclic amines) is 1. The molecule has 26 heavy (non-hydrogen) atoms. The molecule has 0 N–H and O–H groups in total. The molecule has 4 rings (SSSR count).